The number of ether oxygens (including phenoxy) is 1. The lowest BCUT2D eigenvalue weighted by atomic mass is 9.78. The van der Waals surface area contributed by atoms with Crippen LogP contribution in [-0.2, 0) is 16.1 Å². The highest BCUT2D eigenvalue weighted by molar-refractivity contribution is 5.94. The number of aliphatic hydroxyl groups is 1. The van der Waals surface area contributed by atoms with E-state index < -0.39 is 6.10 Å². The van der Waals surface area contributed by atoms with Gasteiger partial charge in [0.05, 0.1) is 17.7 Å². The van der Waals surface area contributed by atoms with Crippen LogP contribution in [-0.4, -0.2) is 95.2 Å². The molecule has 46 heavy (non-hydrogen) atoms. The minimum absolute atomic E-state index is 0.00858. The number of nitrogens with one attached hydrogen (secondary N) is 1. The van der Waals surface area contributed by atoms with Gasteiger partial charge in [0.1, 0.15) is 6.61 Å². The fourth-order valence-electron chi connectivity index (χ4n) is 6.96. The van der Waals surface area contributed by atoms with Gasteiger partial charge in [0, 0.05) is 85.3 Å². The summed E-state index contributed by atoms with van der Waals surface area (Å²) in [7, 11) is 0. The van der Waals surface area contributed by atoms with Gasteiger partial charge in [-0.15, -0.1) is 0 Å². The molecule has 5 heterocycles. The van der Waals surface area contributed by atoms with E-state index in [9.17, 15) is 14.7 Å². The van der Waals surface area contributed by atoms with Crippen LogP contribution in [0.1, 0.15) is 60.9 Å². The Labute approximate surface area is 267 Å². The summed E-state index contributed by atoms with van der Waals surface area (Å²) >= 11 is 0. The number of amides is 2. The lowest BCUT2D eigenvalue weighted by molar-refractivity contribution is -0.125. The molecule has 4 aromatic rings. The topological polar surface area (TPSA) is 138 Å². The number of aromatic nitrogens is 5. The molecule has 2 aliphatic carbocycles. The van der Waals surface area contributed by atoms with Crippen molar-refractivity contribution in [1.29, 1.82) is 0 Å². The van der Waals surface area contributed by atoms with Crippen LogP contribution in [0.25, 0.3) is 16.6 Å². The Morgan fingerprint density at radius 2 is 1.87 bits per heavy atom. The quantitative estimate of drug-likeness (QED) is 0.302. The zero-order chi connectivity index (χ0) is 31.8. The number of hydrogen-bond donors (Lipinski definition) is 2. The Hall–Kier alpha value is -4.26. The molecule has 3 fully saturated rings. The normalized spacial score (nSPS) is 25.0. The molecule has 1 aliphatic heterocycles. The van der Waals surface area contributed by atoms with Crippen molar-refractivity contribution in [2.75, 3.05) is 25.0 Å². The fourth-order valence-corrected chi connectivity index (χ4v) is 6.96. The van der Waals surface area contributed by atoms with E-state index in [-0.39, 0.29) is 36.5 Å². The van der Waals surface area contributed by atoms with Gasteiger partial charge in [-0.25, -0.2) is 14.5 Å². The molecule has 0 radical (unpaired) electrons. The number of carbonyl (C=O) groups excluding carboxylic acids is 2. The Balaban J connectivity index is 0.902. The zero-order valence-corrected chi connectivity index (χ0v) is 26.2. The summed E-state index contributed by atoms with van der Waals surface area (Å²) in [6.45, 7) is 6.48. The molecule has 0 bridgehead atoms. The fraction of sp³-hybridized carbons (Fsp3) is 0.471. The number of anilines is 1. The number of rotatable bonds is 8. The second-order valence-corrected chi connectivity index (χ2v) is 12.9. The van der Waals surface area contributed by atoms with Gasteiger partial charge in [-0.05, 0) is 75.8 Å². The van der Waals surface area contributed by atoms with E-state index in [1.807, 2.05) is 42.3 Å². The second kappa shape index (κ2) is 12.9. The number of hydrogen-bond acceptors (Lipinski definition) is 9. The van der Waals surface area contributed by atoms with E-state index >= 15 is 0 Å². The molecular weight excluding hydrogens is 584 g/mol. The molecule has 0 spiro atoms. The molecule has 3 aliphatic rings. The SMILES string of the molecule is Cc1cc(C(=O)N2CCN(C3CC(C(=O)Nc4cc5cc(-c6cnc(CO[C@H]7CCC[C@@H]7O)nc6)ccn5n4)C3)[C@@H](C)C2)ccn1. The molecule has 1 saturated heterocycles. The monoisotopic (exact) mass is 624 g/mol. The van der Waals surface area contributed by atoms with Gasteiger partial charge in [-0.1, -0.05) is 0 Å². The van der Waals surface area contributed by atoms with E-state index in [1.165, 1.54) is 0 Å². The maximum Gasteiger partial charge on any atom is 0.254 e. The molecule has 12 heteroatoms. The molecular formula is C34H40N8O4. The van der Waals surface area contributed by atoms with Crippen molar-refractivity contribution in [3.63, 3.8) is 0 Å². The zero-order valence-electron chi connectivity index (χ0n) is 26.2. The number of carbonyl (C=O) groups is 2. The molecule has 0 unspecified atom stereocenters. The maximum absolute atomic E-state index is 13.1. The highest BCUT2D eigenvalue weighted by atomic mass is 16.5. The standard InChI is InChI=1S/C34H40N8O4/c1-21-12-24(6-8-35-21)34(45)40-10-11-41(22(2)19-40)27-14-25(15-27)33(44)38-31-16-28-13-23(7-9-42(28)39-31)26-17-36-32(37-18-26)20-46-30-5-3-4-29(30)43/h6-9,12-13,16-18,22,25,27,29-30,43H,3-5,10-11,14-15,19-20H2,1-2H3,(H,38,39,44)/t22-,25?,27?,29-,30-/m0/s1. The summed E-state index contributed by atoms with van der Waals surface area (Å²) in [5.74, 6) is 1.09. The van der Waals surface area contributed by atoms with Crippen molar-refractivity contribution in [3.8, 4) is 11.1 Å². The van der Waals surface area contributed by atoms with Crippen LogP contribution in [0.3, 0.4) is 0 Å². The smallest absolute Gasteiger partial charge is 0.254 e. The van der Waals surface area contributed by atoms with Crippen molar-refractivity contribution < 1.29 is 19.4 Å². The van der Waals surface area contributed by atoms with Crippen LogP contribution in [0.5, 0.6) is 0 Å². The second-order valence-electron chi connectivity index (χ2n) is 12.9. The molecule has 2 saturated carbocycles. The lowest BCUT2D eigenvalue weighted by Gasteiger charge is -2.49. The number of nitrogens with zero attached hydrogens (tertiary/aromatic N) is 7. The minimum Gasteiger partial charge on any atom is -0.390 e. The first-order valence-corrected chi connectivity index (χ1v) is 16.2. The predicted molar refractivity (Wildman–Crippen MR) is 171 cm³/mol. The van der Waals surface area contributed by atoms with E-state index in [2.05, 4.69) is 37.2 Å². The lowest BCUT2D eigenvalue weighted by Crippen LogP contribution is -2.60. The molecule has 3 atom stereocenters. The summed E-state index contributed by atoms with van der Waals surface area (Å²) in [5, 5.41) is 17.5. The average Bonchev–Trinajstić information content (AvgIpc) is 3.64. The van der Waals surface area contributed by atoms with Crippen molar-refractivity contribution >= 4 is 23.1 Å². The molecule has 0 aromatic carbocycles. The van der Waals surface area contributed by atoms with E-state index in [0.29, 0.717) is 36.3 Å². The van der Waals surface area contributed by atoms with Crippen LogP contribution < -0.4 is 5.32 Å². The predicted octanol–water partition coefficient (Wildman–Crippen LogP) is 3.49. The first-order chi connectivity index (χ1) is 22.3. The summed E-state index contributed by atoms with van der Waals surface area (Å²) in [6.07, 6.45) is 10.8. The molecule has 240 valence electrons. The first kappa shape index (κ1) is 30.4. The first-order valence-electron chi connectivity index (χ1n) is 16.2. The van der Waals surface area contributed by atoms with E-state index in [1.54, 1.807) is 29.2 Å². The van der Waals surface area contributed by atoms with Crippen molar-refractivity contribution in [3.05, 3.63) is 72.2 Å². The third kappa shape index (κ3) is 6.37. The summed E-state index contributed by atoms with van der Waals surface area (Å²) in [5.41, 5.74) is 4.18. The van der Waals surface area contributed by atoms with Crippen LogP contribution >= 0.6 is 0 Å². The molecule has 12 nitrogen and oxygen atoms in total. The number of aryl methyl sites for hydroxylation is 1. The molecule has 2 amide bonds. The van der Waals surface area contributed by atoms with Crippen LogP contribution in [0.2, 0.25) is 0 Å². The van der Waals surface area contributed by atoms with Gasteiger partial charge in [-0.3, -0.25) is 19.5 Å². The largest absolute Gasteiger partial charge is 0.390 e. The Morgan fingerprint density at radius 3 is 2.61 bits per heavy atom. The number of fused-ring (bicyclic) bond motifs is 1. The van der Waals surface area contributed by atoms with Gasteiger partial charge in [-0.2, -0.15) is 5.10 Å². The summed E-state index contributed by atoms with van der Waals surface area (Å²) in [6, 6.07) is 9.99. The van der Waals surface area contributed by atoms with Gasteiger partial charge in [0.25, 0.3) is 5.91 Å². The van der Waals surface area contributed by atoms with E-state index in [4.69, 9.17) is 4.74 Å². The third-order valence-corrected chi connectivity index (χ3v) is 9.66. The maximum atomic E-state index is 13.1. The minimum atomic E-state index is -0.403. The van der Waals surface area contributed by atoms with Crippen molar-refractivity contribution in [2.45, 2.75) is 76.9 Å². The number of aliphatic hydroxyl groups excluding tert-OH is 1. The van der Waals surface area contributed by atoms with Gasteiger partial charge in [0.15, 0.2) is 11.6 Å². The van der Waals surface area contributed by atoms with Crippen molar-refractivity contribution in [2.24, 2.45) is 5.92 Å². The molecule has 4 aromatic heterocycles. The Morgan fingerprint density at radius 1 is 1.04 bits per heavy atom. The number of piperazine rings is 1. The molecule has 2 N–H and O–H groups in total. The highest BCUT2D eigenvalue weighted by Crippen LogP contribution is 2.35. The van der Waals surface area contributed by atoms with E-state index in [0.717, 1.165) is 61.0 Å². The average molecular weight is 625 g/mol. The summed E-state index contributed by atoms with van der Waals surface area (Å²) < 4.78 is 7.54. The number of pyridine rings is 2. The molecule has 7 rings (SSSR count). The van der Waals surface area contributed by atoms with Crippen molar-refractivity contribution in [1.82, 2.24) is 34.4 Å². The van der Waals surface area contributed by atoms with Crippen LogP contribution in [0.15, 0.2) is 55.1 Å². The van der Waals surface area contributed by atoms with Gasteiger partial charge < -0.3 is 20.1 Å². The van der Waals surface area contributed by atoms with Gasteiger partial charge in [0.2, 0.25) is 5.91 Å². The Kier molecular flexibility index (Phi) is 8.50. The van der Waals surface area contributed by atoms with Crippen LogP contribution in [0.4, 0.5) is 5.82 Å². The Bertz CT molecular complexity index is 1720. The van der Waals surface area contributed by atoms with Crippen LogP contribution in [0, 0.1) is 12.8 Å². The summed E-state index contributed by atoms with van der Waals surface area (Å²) in [4.78, 5) is 43.6. The van der Waals surface area contributed by atoms with Gasteiger partial charge >= 0.3 is 0 Å². The highest BCUT2D eigenvalue weighted by Gasteiger charge is 2.41. The third-order valence-electron chi connectivity index (χ3n) is 9.66.